The number of rotatable bonds is 9. The second kappa shape index (κ2) is 9.80. The Hall–Kier alpha value is -2.51. The number of anilines is 1. The van der Waals surface area contributed by atoms with E-state index >= 15 is 0 Å². The van der Waals surface area contributed by atoms with E-state index < -0.39 is 10.0 Å². The molecular formula is C22H24N2O3S2. The molecule has 0 aliphatic rings. The van der Waals surface area contributed by atoms with Gasteiger partial charge < -0.3 is 5.32 Å². The Bertz CT molecular complexity index is 1060. The van der Waals surface area contributed by atoms with Gasteiger partial charge in [-0.05, 0) is 35.8 Å². The molecule has 3 rings (SSSR count). The van der Waals surface area contributed by atoms with Crippen molar-refractivity contribution in [1.29, 1.82) is 0 Å². The third-order valence-electron chi connectivity index (χ3n) is 4.38. The van der Waals surface area contributed by atoms with Gasteiger partial charge in [0.05, 0.1) is 11.9 Å². The zero-order valence-corrected chi connectivity index (χ0v) is 17.9. The highest BCUT2D eigenvalue weighted by atomic mass is 32.2. The van der Waals surface area contributed by atoms with Crippen LogP contribution in [0.1, 0.15) is 6.42 Å². The molecule has 7 heteroatoms. The molecule has 0 aromatic heterocycles. The maximum atomic E-state index is 12.4. The van der Waals surface area contributed by atoms with Crippen molar-refractivity contribution in [2.45, 2.75) is 11.3 Å². The van der Waals surface area contributed by atoms with Crippen LogP contribution in [0.2, 0.25) is 0 Å². The van der Waals surface area contributed by atoms with Crippen molar-refractivity contribution in [2.24, 2.45) is 0 Å². The third-order valence-corrected chi connectivity index (χ3v) is 6.60. The van der Waals surface area contributed by atoms with E-state index in [1.807, 2.05) is 48.5 Å². The van der Waals surface area contributed by atoms with Crippen LogP contribution in [0.25, 0.3) is 10.8 Å². The van der Waals surface area contributed by atoms with Crippen LogP contribution < -0.4 is 9.62 Å². The number of benzene rings is 3. The molecule has 0 fully saturated rings. The minimum atomic E-state index is -3.61. The van der Waals surface area contributed by atoms with Gasteiger partial charge in [0.1, 0.15) is 6.54 Å². The van der Waals surface area contributed by atoms with Gasteiger partial charge in [-0.3, -0.25) is 9.10 Å². The Morgan fingerprint density at radius 3 is 2.41 bits per heavy atom. The summed E-state index contributed by atoms with van der Waals surface area (Å²) in [6.45, 7) is 0.268. The molecule has 0 aliphatic carbocycles. The van der Waals surface area contributed by atoms with E-state index in [1.54, 1.807) is 23.9 Å². The minimum absolute atomic E-state index is 0.237. The standard InChI is InChI=1S/C22H24N2O3S2/c1-29(26,27)24(21-14-7-10-18-9-5-6-13-20(18)21)17-22(25)23-15-8-16-28-19-11-3-2-4-12-19/h2-7,9-14H,8,15-17H2,1H3,(H,23,25). The Kier molecular flexibility index (Phi) is 7.17. The van der Waals surface area contributed by atoms with Crippen LogP contribution in [0.15, 0.2) is 77.7 Å². The van der Waals surface area contributed by atoms with Crippen molar-refractivity contribution in [3.63, 3.8) is 0 Å². The molecule has 0 saturated carbocycles. The maximum Gasteiger partial charge on any atom is 0.240 e. The number of thioether (sulfide) groups is 1. The SMILES string of the molecule is CS(=O)(=O)N(CC(=O)NCCCSc1ccccc1)c1cccc2ccccc12. The fourth-order valence-corrected chi connectivity index (χ4v) is 4.74. The summed E-state index contributed by atoms with van der Waals surface area (Å²) in [4.78, 5) is 13.6. The van der Waals surface area contributed by atoms with Crippen LogP contribution in [0.5, 0.6) is 0 Å². The molecule has 0 aliphatic heterocycles. The molecule has 0 atom stereocenters. The summed E-state index contributed by atoms with van der Waals surface area (Å²) < 4.78 is 25.9. The van der Waals surface area contributed by atoms with Gasteiger partial charge in [-0.1, -0.05) is 54.6 Å². The van der Waals surface area contributed by atoms with E-state index in [1.165, 1.54) is 9.20 Å². The van der Waals surface area contributed by atoms with Gasteiger partial charge in [0.25, 0.3) is 0 Å². The number of sulfonamides is 1. The largest absolute Gasteiger partial charge is 0.354 e. The number of fused-ring (bicyclic) bond motifs is 1. The Morgan fingerprint density at radius 1 is 0.966 bits per heavy atom. The lowest BCUT2D eigenvalue weighted by Gasteiger charge is -2.23. The number of carbonyl (C=O) groups is 1. The highest BCUT2D eigenvalue weighted by molar-refractivity contribution is 7.99. The fraction of sp³-hybridized carbons (Fsp3) is 0.227. The Balaban J connectivity index is 1.60. The van der Waals surface area contributed by atoms with E-state index in [9.17, 15) is 13.2 Å². The lowest BCUT2D eigenvalue weighted by atomic mass is 10.1. The van der Waals surface area contributed by atoms with E-state index in [0.29, 0.717) is 12.2 Å². The molecule has 0 saturated heterocycles. The molecule has 3 aromatic rings. The van der Waals surface area contributed by atoms with E-state index in [2.05, 4.69) is 17.4 Å². The van der Waals surface area contributed by atoms with Gasteiger partial charge in [-0.2, -0.15) is 0 Å². The topological polar surface area (TPSA) is 66.5 Å². The van der Waals surface area contributed by atoms with Crippen molar-refractivity contribution in [3.05, 3.63) is 72.8 Å². The smallest absolute Gasteiger partial charge is 0.240 e. The first-order valence-corrected chi connectivity index (χ1v) is 12.2. The van der Waals surface area contributed by atoms with E-state index in [0.717, 1.165) is 29.2 Å². The lowest BCUT2D eigenvalue weighted by Crippen LogP contribution is -2.40. The summed E-state index contributed by atoms with van der Waals surface area (Å²) in [5, 5.41) is 4.56. The summed E-state index contributed by atoms with van der Waals surface area (Å²) in [5.41, 5.74) is 0.514. The minimum Gasteiger partial charge on any atom is -0.354 e. The Morgan fingerprint density at radius 2 is 1.66 bits per heavy atom. The molecule has 0 spiro atoms. The fourth-order valence-electron chi connectivity index (χ4n) is 3.00. The van der Waals surface area contributed by atoms with Crippen LogP contribution in [-0.2, 0) is 14.8 Å². The summed E-state index contributed by atoms with van der Waals surface area (Å²) in [7, 11) is -3.61. The monoisotopic (exact) mass is 428 g/mol. The summed E-state index contributed by atoms with van der Waals surface area (Å²) in [6.07, 6.45) is 1.93. The molecule has 29 heavy (non-hydrogen) atoms. The first-order valence-electron chi connectivity index (χ1n) is 9.35. The van der Waals surface area contributed by atoms with Gasteiger partial charge >= 0.3 is 0 Å². The zero-order valence-electron chi connectivity index (χ0n) is 16.2. The molecular weight excluding hydrogens is 404 g/mol. The van der Waals surface area contributed by atoms with Gasteiger partial charge in [0.2, 0.25) is 15.9 Å². The van der Waals surface area contributed by atoms with E-state index in [4.69, 9.17) is 0 Å². The van der Waals surface area contributed by atoms with Crippen LogP contribution in [0.4, 0.5) is 5.69 Å². The van der Waals surface area contributed by atoms with E-state index in [-0.39, 0.29) is 12.5 Å². The summed E-state index contributed by atoms with van der Waals surface area (Å²) in [6, 6.07) is 23.1. The molecule has 0 bridgehead atoms. The number of carbonyl (C=O) groups excluding carboxylic acids is 1. The van der Waals surface area contributed by atoms with Crippen LogP contribution >= 0.6 is 11.8 Å². The molecule has 5 nitrogen and oxygen atoms in total. The van der Waals surface area contributed by atoms with Gasteiger partial charge in [0.15, 0.2) is 0 Å². The molecule has 1 N–H and O–H groups in total. The average molecular weight is 429 g/mol. The predicted molar refractivity (Wildman–Crippen MR) is 121 cm³/mol. The number of hydrogen-bond donors (Lipinski definition) is 1. The number of nitrogens with zero attached hydrogens (tertiary/aromatic N) is 1. The van der Waals surface area contributed by atoms with Crippen molar-refractivity contribution in [2.75, 3.05) is 29.4 Å². The van der Waals surface area contributed by atoms with Gasteiger partial charge in [-0.15, -0.1) is 11.8 Å². The number of amides is 1. The first kappa shape index (κ1) is 21.2. The lowest BCUT2D eigenvalue weighted by molar-refractivity contribution is -0.119. The average Bonchev–Trinajstić information content (AvgIpc) is 2.71. The molecule has 3 aromatic carbocycles. The second-order valence-corrected chi connectivity index (χ2v) is 9.71. The Labute approximate surface area is 176 Å². The van der Waals surface area contributed by atoms with Gasteiger partial charge in [0, 0.05) is 16.8 Å². The molecule has 0 radical (unpaired) electrons. The zero-order chi connectivity index (χ0) is 20.7. The van der Waals surface area contributed by atoms with Gasteiger partial charge in [-0.25, -0.2) is 8.42 Å². The quantitative estimate of drug-likeness (QED) is 0.415. The molecule has 0 heterocycles. The second-order valence-electron chi connectivity index (χ2n) is 6.63. The van der Waals surface area contributed by atoms with Crippen molar-refractivity contribution >= 4 is 44.2 Å². The predicted octanol–water partition coefficient (Wildman–Crippen LogP) is 3.90. The van der Waals surface area contributed by atoms with Crippen LogP contribution in [0, 0.1) is 0 Å². The van der Waals surface area contributed by atoms with Crippen molar-refractivity contribution < 1.29 is 13.2 Å². The normalized spacial score (nSPS) is 11.3. The number of hydrogen-bond acceptors (Lipinski definition) is 4. The van der Waals surface area contributed by atoms with Crippen molar-refractivity contribution in [3.8, 4) is 0 Å². The highest BCUT2D eigenvalue weighted by Gasteiger charge is 2.22. The first-order chi connectivity index (χ1) is 13.9. The summed E-state index contributed by atoms with van der Waals surface area (Å²) >= 11 is 1.73. The highest BCUT2D eigenvalue weighted by Crippen LogP contribution is 2.28. The maximum absolute atomic E-state index is 12.4. The molecule has 1 amide bonds. The molecule has 152 valence electrons. The summed E-state index contributed by atoms with van der Waals surface area (Å²) in [5.74, 6) is 0.566. The van der Waals surface area contributed by atoms with Crippen LogP contribution in [0.3, 0.4) is 0 Å². The van der Waals surface area contributed by atoms with Crippen molar-refractivity contribution in [1.82, 2.24) is 5.32 Å². The number of nitrogens with one attached hydrogen (secondary N) is 1. The van der Waals surface area contributed by atoms with Crippen LogP contribution in [-0.4, -0.2) is 39.4 Å². The third kappa shape index (κ3) is 5.98. The molecule has 0 unspecified atom stereocenters.